The lowest BCUT2D eigenvalue weighted by Gasteiger charge is -2.46. The quantitative estimate of drug-likeness (QED) is 0.818. The van der Waals surface area contributed by atoms with E-state index >= 15 is 0 Å². The molecule has 1 aliphatic carbocycles. The largest absolute Gasteiger partial charge is 0.381 e. The Morgan fingerprint density at radius 3 is 2.44 bits per heavy atom. The molecule has 1 saturated carbocycles. The number of rotatable bonds is 5. The first-order valence-corrected chi connectivity index (χ1v) is 7.69. The Morgan fingerprint density at radius 1 is 1.22 bits per heavy atom. The Kier molecular flexibility index (Phi) is 5.05. The molecule has 0 aromatic carbocycles. The SMILES string of the molecule is CCC1CCC(CN)(N(C)CC2CCOC2)CC1. The summed E-state index contributed by atoms with van der Waals surface area (Å²) in [5.41, 5.74) is 6.40. The molecule has 3 nitrogen and oxygen atoms in total. The maximum Gasteiger partial charge on any atom is 0.0507 e. The summed E-state index contributed by atoms with van der Waals surface area (Å²) in [6.45, 7) is 6.19. The Morgan fingerprint density at radius 2 is 1.94 bits per heavy atom. The van der Waals surface area contributed by atoms with Crippen molar-refractivity contribution in [1.82, 2.24) is 4.90 Å². The molecular formula is C15H30N2O. The van der Waals surface area contributed by atoms with Crippen LogP contribution in [0.2, 0.25) is 0 Å². The molecule has 0 aromatic heterocycles. The number of nitrogens with zero attached hydrogens (tertiary/aromatic N) is 1. The van der Waals surface area contributed by atoms with Gasteiger partial charge in [0.15, 0.2) is 0 Å². The number of ether oxygens (including phenoxy) is 1. The lowest BCUT2D eigenvalue weighted by atomic mass is 9.74. The summed E-state index contributed by atoms with van der Waals surface area (Å²) < 4.78 is 5.49. The van der Waals surface area contributed by atoms with Crippen molar-refractivity contribution in [2.24, 2.45) is 17.6 Å². The van der Waals surface area contributed by atoms with Crippen LogP contribution in [-0.4, -0.2) is 43.8 Å². The van der Waals surface area contributed by atoms with Crippen LogP contribution in [0.4, 0.5) is 0 Å². The smallest absolute Gasteiger partial charge is 0.0507 e. The van der Waals surface area contributed by atoms with E-state index in [0.29, 0.717) is 0 Å². The van der Waals surface area contributed by atoms with Crippen molar-refractivity contribution in [3.8, 4) is 0 Å². The van der Waals surface area contributed by atoms with Gasteiger partial charge in [-0.3, -0.25) is 4.90 Å². The average Bonchev–Trinajstić information content (AvgIpc) is 2.91. The highest BCUT2D eigenvalue weighted by Gasteiger charge is 2.38. The van der Waals surface area contributed by atoms with E-state index in [1.165, 1.54) is 38.5 Å². The zero-order valence-corrected chi connectivity index (χ0v) is 12.2. The molecule has 0 aromatic rings. The van der Waals surface area contributed by atoms with E-state index in [1.807, 2.05) is 0 Å². The summed E-state index contributed by atoms with van der Waals surface area (Å²) >= 11 is 0. The van der Waals surface area contributed by atoms with E-state index in [2.05, 4.69) is 18.9 Å². The minimum absolute atomic E-state index is 0.272. The lowest BCUT2D eigenvalue weighted by molar-refractivity contribution is 0.0490. The Balaban J connectivity index is 1.90. The molecule has 1 heterocycles. The van der Waals surface area contributed by atoms with Crippen molar-refractivity contribution in [2.75, 3.05) is 33.4 Å². The second kappa shape index (κ2) is 6.36. The summed E-state index contributed by atoms with van der Waals surface area (Å²) in [5, 5.41) is 0. The number of nitrogens with two attached hydrogens (primary N) is 1. The van der Waals surface area contributed by atoms with Gasteiger partial charge in [-0.05, 0) is 51.0 Å². The molecule has 2 aliphatic rings. The second-order valence-corrected chi connectivity index (χ2v) is 6.39. The lowest BCUT2D eigenvalue weighted by Crippen LogP contribution is -2.55. The van der Waals surface area contributed by atoms with Gasteiger partial charge in [-0.2, -0.15) is 0 Å². The molecule has 1 aliphatic heterocycles. The maximum absolute atomic E-state index is 6.13. The van der Waals surface area contributed by atoms with Crippen molar-refractivity contribution in [3.63, 3.8) is 0 Å². The van der Waals surface area contributed by atoms with E-state index in [-0.39, 0.29) is 5.54 Å². The van der Waals surface area contributed by atoms with Crippen LogP contribution < -0.4 is 5.73 Å². The number of hydrogen-bond acceptors (Lipinski definition) is 3. The van der Waals surface area contributed by atoms with Gasteiger partial charge in [0.25, 0.3) is 0 Å². The highest BCUT2D eigenvalue weighted by Crippen LogP contribution is 2.37. The van der Waals surface area contributed by atoms with Crippen LogP contribution in [-0.2, 0) is 4.74 Å². The second-order valence-electron chi connectivity index (χ2n) is 6.39. The number of hydrogen-bond donors (Lipinski definition) is 1. The van der Waals surface area contributed by atoms with Crippen LogP contribution in [0.1, 0.15) is 45.4 Å². The van der Waals surface area contributed by atoms with Crippen molar-refractivity contribution >= 4 is 0 Å². The minimum atomic E-state index is 0.272. The van der Waals surface area contributed by atoms with Gasteiger partial charge in [0.1, 0.15) is 0 Å². The molecule has 1 unspecified atom stereocenters. The predicted octanol–water partition coefficient (Wildman–Crippen LogP) is 2.25. The fourth-order valence-corrected chi connectivity index (χ4v) is 3.67. The van der Waals surface area contributed by atoms with E-state index in [9.17, 15) is 0 Å². The van der Waals surface area contributed by atoms with E-state index in [0.717, 1.165) is 38.1 Å². The first-order chi connectivity index (χ1) is 8.70. The monoisotopic (exact) mass is 254 g/mol. The Labute approximate surface area is 112 Å². The van der Waals surface area contributed by atoms with Gasteiger partial charge in [-0.25, -0.2) is 0 Å². The summed E-state index contributed by atoms with van der Waals surface area (Å²) in [7, 11) is 2.28. The molecule has 1 saturated heterocycles. The van der Waals surface area contributed by atoms with Crippen LogP contribution in [0.25, 0.3) is 0 Å². The standard InChI is InChI=1S/C15H30N2O/c1-3-13-4-7-15(12-16,8-5-13)17(2)10-14-6-9-18-11-14/h13-14H,3-12,16H2,1-2H3. The zero-order chi connectivity index (χ0) is 13.0. The van der Waals surface area contributed by atoms with Crippen LogP contribution in [0.3, 0.4) is 0 Å². The third-order valence-electron chi connectivity index (χ3n) is 5.36. The third kappa shape index (κ3) is 3.06. The minimum Gasteiger partial charge on any atom is -0.381 e. The highest BCUT2D eigenvalue weighted by molar-refractivity contribution is 4.95. The van der Waals surface area contributed by atoms with Gasteiger partial charge >= 0.3 is 0 Å². The van der Waals surface area contributed by atoms with E-state index in [1.54, 1.807) is 0 Å². The topological polar surface area (TPSA) is 38.5 Å². The molecule has 106 valence electrons. The molecule has 2 N–H and O–H groups in total. The van der Waals surface area contributed by atoms with Crippen LogP contribution in [0, 0.1) is 11.8 Å². The fourth-order valence-electron chi connectivity index (χ4n) is 3.67. The normalized spacial score (nSPS) is 37.3. The molecule has 1 atom stereocenters. The van der Waals surface area contributed by atoms with E-state index in [4.69, 9.17) is 10.5 Å². The molecule has 3 heteroatoms. The molecular weight excluding hydrogens is 224 g/mol. The Hall–Kier alpha value is -0.120. The molecule has 2 rings (SSSR count). The molecule has 2 fully saturated rings. The van der Waals surface area contributed by atoms with Crippen molar-refractivity contribution in [3.05, 3.63) is 0 Å². The number of likely N-dealkylation sites (N-methyl/N-ethyl adjacent to an activating group) is 1. The molecule has 0 amide bonds. The summed E-state index contributed by atoms with van der Waals surface area (Å²) in [6, 6.07) is 0. The average molecular weight is 254 g/mol. The van der Waals surface area contributed by atoms with Crippen LogP contribution in [0.5, 0.6) is 0 Å². The van der Waals surface area contributed by atoms with Crippen molar-refractivity contribution in [1.29, 1.82) is 0 Å². The maximum atomic E-state index is 6.13. The first-order valence-electron chi connectivity index (χ1n) is 7.69. The summed E-state index contributed by atoms with van der Waals surface area (Å²) in [6.07, 6.45) is 7.85. The molecule has 0 radical (unpaired) electrons. The summed E-state index contributed by atoms with van der Waals surface area (Å²) in [4.78, 5) is 2.55. The first kappa shape index (κ1) is 14.3. The predicted molar refractivity (Wildman–Crippen MR) is 75.6 cm³/mol. The Bertz CT molecular complexity index is 243. The van der Waals surface area contributed by atoms with Crippen molar-refractivity contribution < 1.29 is 4.74 Å². The van der Waals surface area contributed by atoms with Crippen LogP contribution >= 0.6 is 0 Å². The van der Waals surface area contributed by atoms with Gasteiger partial charge in [-0.1, -0.05) is 13.3 Å². The van der Waals surface area contributed by atoms with Gasteiger partial charge in [0, 0.05) is 25.2 Å². The third-order valence-corrected chi connectivity index (χ3v) is 5.36. The zero-order valence-electron chi connectivity index (χ0n) is 12.2. The van der Waals surface area contributed by atoms with E-state index < -0.39 is 0 Å². The highest BCUT2D eigenvalue weighted by atomic mass is 16.5. The molecule has 0 bridgehead atoms. The van der Waals surface area contributed by atoms with Gasteiger partial charge in [-0.15, -0.1) is 0 Å². The van der Waals surface area contributed by atoms with Crippen LogP contribution in [0.15, 0.2) is 0 Å². The van der Waals surface area contributed by atoms with Crippen molar-refractivity contribution in [2.45, 2.75) is 51.0 Å². The molecule has 0 spiro atoms. The fraction of sp³-hybridized carbons (Fsp3) is 1.00. The van der Waals surface area contributed by atoms with Gasteiger partial charge in [0.05, 0.1) is 6.61 Å². The summed E-state index contributed by atoms with van der Waals surface area (Å²) in [5.74, 6) is 1.66. The van der Waals surface area contributed by atoms with Gasteiger partial charge < -0.3 is 10.5 Å². The van der Waals surface area contributed by atoms with Gasteiger partial charge in [0.2, 0.25) is 0 Å². The molecule has 18 heavy (non-hydrogen) atoms.